The van der Waals surface area contributed by atoms with Crippen LogP contribution in [0.4, 0.5) is 11.4 Å². The van der Waals surface area contributed by atoms with Crippen LogP contribution in [0.3, 0.4) is 0 Å². The second kappa shape index (κ2) is 5.72. The highest BCUT2D eigenvalue weighted by molar-refractivity contribution is 8.00. The molecule has 2 aliphatic heterocycles. The SMILES string of the molecule is O=C1CSC(c2cc3c(cc2[N+](=O)[O-])OCO3)N1c1ccccc1. The van der Waals surface area contributed by atoms with Crippen LogP contribution < -0.4 is 14.4 Å². The van der Waals surface area contributed by atoms with Crippen molar-refractivity contribution in [3.63, 3.8) is 0 Å². The van der Waals surface area contributed by atoms with Crippen LogP contribution in [0.15, 0.2) is 42.5 Å². The van der Waals surface area contributed by atoms with Crippen LogP contribution in [0.25, 0.3) is 0 Å². The maximum atomic E-state index is 12.4. The van der Waals surface area contributed by atoms with Gasteiger partial charge in [0.15, 0.2) is 11.5 Å². The van der Waals surface area contributed by atoms with Gasteiger partial charge in [-0.1, -0.05) is 18.2 Å². The van der Waals surface area contributed by atoms with E-state index < -0.39 is 10.3 Å². The number of nitro groups is 1. The smallest absolute Gasteiger partial charge is 0.279 e. The molecule has 24 heavy (non-hydrogen) atoms. The van der Waals surface area contributed by atoms with Gasteiger partial charge in [0.2, 0.25) is 12.7 Å². The number of amides is 1. The molecule has 2 heterocycles. The minimum atomic E-state index is -0.477. The van der Waals surface area contributed by atoms with E-state index in [1.807, 2.05) is 30.3 Å². The molecule has 2 aliphatic rings. The van der Waals surface area contributed by atoms with Gasteiger partial charge in [-0.05, 0) is 18.2 Å². The van der Waals surface area contributed by atoms with Crippen molar-refractivity contribution in [2.75, 3.05) is 17.4 Å². The number of thioether (sulfide) groups is 1. The fourth-order valence-corrected chi connectivity index (χ4v) is 4.02. The fourth-order valence-electron chi connectivity index (χ4n) is 2.82. The first kappa shape index (κ1) is 14.8. The lowest BCUT2D eigenvalue weighted by Crippen LogP contribution is -2.28. The van der Waals surface area contributed by atoms with Crippen molar-refractivity contribution in [3.8, 4) is 11.5 Å². The van der Waals surface area contributed by atoms with Gasteiger partial charge in [-0.25, -0.2) is 0 Å². The monoisotopic (exact) mass is 344 g/mol. The Bertz CT molecular complexity index is 827. The number of nitro benzene ring substituents is 1. The van der Waals surface area contributed by atoms with E-state index in [2.05, 4.69) is 0 Å². The summed E-state index contributed by atoms with van der Waals surface area (Å²) in [7, 11) is 0. The number of fused-ring (bicyclic) bond motifs is 1. The number of anilines is 1. The molecule has 2 aromatic carbocycles. The highest BCUT2D eigenvalue weighted by Crippen LogP contribution is 2.48. The Hall–Kier alpha value is -2.74. The van der Waals surface area contributed by atoms with Crippen LogP contribution in [0.5, 0.6) is 11.5 Å². The number of carbonyl (C=O) groups is 1. The lowest BCUT2D eigenvalue weighted by Gasteiger charge is -2.24. The number of ether oxygens (including phenoxy) is 2. The van der Waals surface area contributed by atoms with Crippen LogP contribution in [-0.4, -0.2) is 23.4 Å². The van der Waals surface area contributed by atoms with Crippen molar-refractivity contribution < 1.29 is 19.2 Å². The van der Waals surface area contributed by atoms with Crippen LogP contribution in [0, 0.1) is 10.1 Å². The average Bonchev–Trinajstić information content (AvgIpc) is 3.20. The summed E-state index contributed by atoms with van der Waals surface area (Å²) in [4.78, 5) is 25.0. The fraction of sp³-hybridized carbons (Fsp3) is 0.188. The lowest BCUT2D eigenvalue weighted by molar-refractivity contribution is -0.385. The second-order valence-corrected chi connectivity index (χ2v) is 6.35. The standard InChI is InChI=1S/C16H12N2O5S/c19-15-8-24-16(17(15)10-4-2-1-3-5-10)11-6-13-14(23-9-22-13)7-12(11)18(20)21/h1-7,16H,8-9H2. The van der Waals surface area contributed by atoms with Gasteiger partial charge in [0, 0.05) is 5.69 Å². The Morgan fingerprint density at radius 2 is 1.88 bits per heavy atom. The molecule has 2 aromatic rings. The highest BCUT2D eigenvalue weighted by Gasteiger charge is 2.39. The molecule has 122 valence electrons. The normalized spacial score (nSPS) is 18.9. The van der Waals surface area contributed by atoms with E-state index in [0.29, 0.717) is 22.7 Å². The molecule has 0 saturated carbocycles. The molecule has 1 saturated heterocycles. The summed E-state index contributed by atoms with van der Waals surface area (Å²) in [6, 6.07) is 12.1. The van der Waals surface area contributed by atoms with Crippen molar-refractivity contribution in [3.05, 3.63) is 58.1 Å². The van der Waals surface area contributed by atoms with Crippen LogP contribution >= 0.6 is 11.8 Å². The highest BCUT2D eigenvalue weighted by atomic mass is 32.2. The number of benzene rings is 2. The van der Waals surface area contributed by atoms with Gasteiger partial charge >= 0.3 is 0 Å². The second-order valence-electron chi connectivity index (χ2n) is 5.28. The summed E-state index contributed by atoms with van der Waals surface area (Å²) in [6.45, 7) is 0.0368. The zero-order valence-corrected chi connectivity index (χ0v) is 13.2. The molecule has 1 amide bonds. The lowest BCUT2D eigenvalue weighted by atomic mass is 10.1. The number of para-hydroxylation sites is 1. The van der Waals surface area contributed by atoms with Gasteiger partial charge in [0.25, 0.3) is 5.69 Å². The molecule has 0 spiro atoms. The number of rotatable bonds is 3. The van der Waals surface area contributed by atoms with Gasteiger partial charge in [-0.2, -0.15) is 0 Å². The predicted octanol–water partition coefficient (Wildman–Crippen LogP) is 3.10. The van der Waals surface area contributed by atoms with Crippen molar-refractivity contribution >= 4 is 29.0 Å². The number of hydrogen-bond donors (Lipinski definition) is 0. The molecule has 0 bridgehead atoms. The Labute approximate surface area is 141 Å². The van der Waals surface area contributed by atoms with Gasteiger partial charge in [-0.3, -0.25) is 19.8 Å². The van der Waals surface area contributed by atoms with E-state index in [1.54, 1.807) is 11.0 Å². The zero-order chi connectivity index (χ0) is 16.7. The topological polar surface area (TPSA) is 81.9 Å². The summed E-state index contributed by atoms with van der Waals surface area (Å²) in [5.74, 6) is 1.00. The van der Waals surface area contributed by atoms with E-state index in [1.165, 1.54) is 17.8 Å². The molecule has 1 fully saturated rings. The quantitative estimate of drug-likeness (QED) is 0.628. The van der Waals surface area contributed by atoms with Crippen LogP contribution in [0.1, 0.15) is 10.9 Å². The van der Waals surface area contributed by atoms with Crippen LogP contribution in [0.2, 0.25) is 0 Å². The van der Waals surface area contributed by atoms with Gasteiger partial charge in [0.05, 0.1) is 22.3 Å². The van der Waals surface area contributed by atoms with Gasteiger partial charge in [-0.15, -0.1) is 11.8 Å². The van der Waals surface area contributed by atoms with Crippen molar-refractivity contribution in [2.45, 2.75) is 5.37 Å². The van der Waals surface area contributed by atoms with E-state index in [-0.39, 0.29) is 24.1 Å². The average molecular weight is 344 g/mol. The molecule has 7 nitrogen and oxygen atoms in total. The van der Waals surface area contributed by atoms with E-state index in [0.717, 1.165) is 0 Å². The van der Waals surface area contributed by atoms with Crippen LogP contribution in [-0.2, 0) is 4.79 Å². The molecular formula is C16H12N2O5S. The summed E-state index contributed by atoms with van der Waals surface area (Å²) in [5, 5.41) is 11.0. The molecule has 0 radical (unpaired) electrons. The number of hydrogen-bond acceptors (Lipinski definition) is 6. The number of carbonyl (C=O) groups excluding carboxylic acids is 1. The molecule has 8 heteroatoms. The van der Waals surface area contributed by atoms with E-state index >= 15 is 0 Å². The van der Waals surface area contributed by atoms with Crippen molar-refractivity contribution in [1.82, 2.24) is 0 Å². The van der Waals surface area contributed by atoms with Gasteiger partial charge in [0.1, 0.15) is 5.37 Å². The third kappa shape index (κ3) is 2.35. The molecule has 1 unspecified atom stereocenters. The molecule has 1 atom stereocenters. The Balaban J connectivity index is 1.83. The Kier molecular flexibility index (Phi) is 3.53. The molecule has 0 aliphatic carbocycles. The summed E-state index contributed by atoms with van der Waals surface area (Å²) in [5.41, 5.74) is 1.07. The first-order valence-electron chi connectivity index (χ1n) is 7.22. The van der Waals surface area contributed by atoms with E-state index in [9.17, 15) is 14.9 Å². The summed E-state index contributed by atoms with van der Waals surface area (Å²) in [6.07, 6.45) is 0. The molecular weight excluding hydrogens is 332 g/mol. The third-order valence-electron chi connectivity index (χ3n) is 3.89. The molecule has 0 N–H and O–H groups in total. The minimum Gasteiger partial charge on any atom is -0.454 e. The van der Waals surface area contributed by atoms with Crippen molar-refractivity contribution in [1.29, 1.82) is 0 Å². The zero-order valence-electron chi connectivity index (χ0n) is 12.4. The molecule has 4 rings (SSSR count). The maximum absolute atomic E-state index is 12.4. The maximum Gasteiger partial charge on any atom is 0.279 e. The van der Waals surface area contributed by atoms with E-state index in [4.69, 9.17) is 9.47 Å². The summed E-state index contributed by atoms with van der Waals surface area (Å²) >= 11 is 1.36. The first-order chi connectivity index (χ1) is 11.6. The van der Waals surface area contributed by atoms with Gasteiger partial charge < -0.3 is 9.47 Å². The van der Waals surface area contributed by atoms with Crippen molar-refractivity contribution in [2.24, 2.45) is 0 Å². The number of nitrogens with zero attached hydrogens (tertiary/aromatic N) is 2. The summed E-state index contributed by atoms with van der Waals surface area (Å²) < 4.78 is 10.6. The Morgan fingerprint density at radius 1 is 1.17 bits per heavy atom. The largest absolute Gasteiger partial charge is 0.454 e. The first-order valence-corrected chi connectivity index (χ1v) is 8.26. The molecule has 0 aromatic heterocycles. The third-order valence-corrected chi connectivity index (χ3v) is 5.08. The predicted molar refractivity (Wildman–Crippen MR) is 88.3 cm³/mol. The Morgan fingerprint density at radius 3 is 2.58 bits per heavy atom. The minimum absolute atomic E-state index is 0.0368.